The highest BCUT2D eigenvalue weighted by Gasteiger charge is 2.02. The number of nitrogens with one attached hydrogen (secondary N) is 2. The van der Waals surface area contributed by atoms with E-state index in [0.29, 0.717) is 6.54 Å². The van der Waals surface area contributed by atoms with Gasteiger partial charge in [-0.05, 0) is 19.1 Å². The van der Waals surface area contributed by atoms with Crippen molar-refractivity contribution < 1.29 is 4.74 Å². The molecule has 0 saturated carbocycles. The van der Waals surface area contributed by atoms with Gasteiger partial charge in [0.25, 0.3) is 0 Å². The van der Waals surface area contributed by atoms with E-state index in [4.69, 9.17) is 4.74 Å². The predicted molar refractivity (Wildman–Crippen MR) is 72.1 cm³/mol. The Morgan fingerprint density at radius 1 is 1.28 bits per heavy atom. The van der Waals surface area contributed by atoms with Crippen LogP contribution < -0.4 is 15.6 Å². The van der Waals surface area contributed by atoms with Crippen molar-refractivity contribution in [2.75, 3.05) is 12.4 Å². The van der Waals surface area contributed by atoms with Crippen molar-refractivity contribution in [3.63, 3.8) is 0 Å². The zero-order valence-electron chi connectivity index (χ0n) is 10.5. The normalized spacial score (nSPS) is 10.1. The molecule has 2 aromatic rings. The van der Waals surface area contributed by atoms with Gasteiger partial charge in [0.2, 0.25) is 5.56 Å². The average molecular weight is 244 g/mol. The number of anilines is 1. The molecule has 2 rings (SSSR count). The maximum Gasteiger partial charge on any atom is 0.250 e. The fourth-order valence-corrected chi connectivity index (χ4v) is 1.83. The second-order valence-electron chi connectivity index (χ2n) is 4.08. The molecule has 0 spiro atoms. The molecule has 0 aliphatic rings. The van der Waals surface area contributed by atoms with Crippen LogP contribution in [-0.4, -0.2) is 12.1 Å². The van der Waals surface area contributed by atoms with Gasteiger partial charge >= 0.3 is 0 Å². The number of H-pyrrole nitrogens is 1. The topological polar surface area (TPSA) is 54.1 Å². The number of aromatic nitrogens is 1. The lowest BCUT2D eigenvalue weighted by molar-refractivity contribution is 0.410. The van der Waals surface area contributed by atoms with Crippen molar-refractivity contribution in [1.82, 2.24) is 4.98 Å². The third-order valence-electron chi connectivity index (χ3n) is 2.65. The molecule has 1 aromatic carbocycles. The monoisotopic (exact) mass is 244 g/mol. The Hall–Kier alpha value is -2.23. The molecular weight excluding hydrogens is 228 g/mol. The Labute approximate surface area is 106 Å². The highest BCUT2D eigenvalue weighted by molar-refractivity contribution is 5.45. The number of aryl methyl sites for hydroxylation is 1. The summed E-state index contributed by atoms with van der Waals surface area (Å²) < 4.78 is 5.27. The van der Waals surface area contributed by atoms with Crippen molar-refractivity contribution in [1.29, 1.82) is 0 Å². The largest absolute Gasteiger partial charge is 0.496 e. The lowest BCUT2D eigenvalue weighted by Gasteiger charge is -2.10. The Morgan fingerprint density at radius 2 is 2.06 bits per heavy atom. The SMILES string of the molecule is COc1ccccc1CNc1cc(C)[nH]c(=O)c1. The molecule has 0 radical (unpaired) electrons. The van der Waals surface area contributed by atoms with E-state index in [2.05, 4.69) is 10.3 Å². The minimum Gasteiger partial charge on any atom is -0.496 e. The first-order valence-electron chi connectivity index (χ1n) is 5.76. The zero-order chi connectivity index (χ0) is 13.0. The summed E-state index contributed by atoms with van der Waals surface area (Å²) in [6.07, 6.45) is 0. The molecule has 1 heterocycles. The van der Waals surface area contributed by atoms with Crippen LogP contribution in [-0.2, 0) is 6.54 Å². The Kier molecular flexibility index (Phi) is 3.67. The molecule has 2 N–H and O–H groups in total. The molecule has 0 amide bonds. The van der Waals surface area contributed by atoms with E-state index < -0.39 is 0 Å². The van der Waals surface area contributed by atoms with Gasteiger partial charge in [0, 0.05) is 29.6 Å². The van der Waals surface area contributed by atoms with E-state index in [-0.39, 0.29) is 5.56 Å². The van der Waals surface area contributed by atoms with Crippen LogP contribution in [0.5, 0.6) is 5.75 Å². The number of benzene rings is 1. The van der Waals surface area contributed by atoms with Gasteiger partial charge in [-0.1, -0.05) is 18.2 Å². The summed E-state index contributed by atoms with van der Waals surface area (Å²) in [6, 6.07) is 11.2. The van der Waals surface area contributed by atoms with Gasteiger partial charge in [-0.15, -0.1) is 0 Å². The summed E-state index contributed by atoms with van der Waals surface area (Å²) in [5.74, 6) is 0.839. The van der Waals surface area contributed by atoms with Crippen molar-refractivity contribution in [3.05, 3.63) is 58.0 Å². The third kappa shape index (κ3) is 2.91. The van der Waals surface area contributed by atoms with E-state index >= 15 is 0 Å². The highest BCUT2D eigenvalue weighted by Crippen LogP contribution is 2.18. The molecular formula is C14H16N2O2. The lowest BCUT2D eigenvalue weighted by Crippen LogP contribution is -2.09. The summed E-state index contributed by atoms with van der Waals surface area (Å²) in [5.41, 5.74) is 2.60. The number of aromatic amines is 1. The van der Waals surface area contributed by atoms with Crippen LogP contribution in [0.2, 0.25) is 0 Å². The standard InChI is InChI=1S/C14H16N2O2/c1-10-7-12(8-14(17)16-10)15-9-11-5-3-4-6-13(11)18-2/h3-8H,9H2,1-2H3,(H2,15,16,17). The van der Waals surface area contributed by atoms with Crippen LogP contribution in [0.25, 0.3) is 0 Å². The number of ether oxygens (including phenoxy) is 1. The van der Waals surface area contributed by atoms with Gasteiger partial charge in [0.1, 0.15) is 5.75 Å². The first kappa shape index (κ1) is 12.2. The Balaban J connectivity index is 2.13. The van der Waals surface area contributed by atoms with Gasteiger partial charge in [0.15, 0.2) is 0 Å². The highest BCUT2D eigenvalue weighted by atomic mass is 16.5. The zero-order valence-corrected chi connectivity index (χ0v) is 10.5. The first-order valence-corrected chi connectivity index (χ1v) is 5.76. The number of hydrogen-bond acceptors (Lipinski definition) is 3. The quantitative estimate of drug-likeness (QED) is 0.867. The molecule has 4 nitrogen and oxygen atoms in total. The van der Waals surface area contributed by atoms with Crippen molar-refractivity contribution in [3.8, 4) is 5.75 Å². The van der Waals surface area contributed by atoms with Crippen LogP contribution in [0, 0.1) is 6.92 Å². The van der Waals surface area contributed by atoms with Crippen molar-refractivity contribution in [2.24, 2.45) is 0 Å². The van der Waals surface area contributed by atoms with E-state index in [1.165, 1.54) is 0 Å². The summed E-state index contributed by atoms with van der Waals surface area (Å²) in [6.45, 7) is 2.47. The Morgan fingerprint density at radius 3 is 2.78 bits per heavy atom. The third-order valence-corrected chi connectivity index (χ3v) is 2.65. The predicted octanol–water partition coefficient (Wildman–Crippen LogP) is 2.30. The lowest BCUT2D eigenvalue weighted by atomic mass is 10.2. The minimum atomic E-state index is -0.0995. The molecule has 4 heteroatoms. The summed E-state index contributed by atoms with van der Waals surface area (Å²) in [4.78, 5) is 14.0. The molecule has 1 aromatic heterocycles. The average Bonchev–Trinajstić information content (AvgIpc) is 2.35. The Bertz CT molecular complexity index is 590. The summed E-state index contributed by atoms with van der Waals surface area (Å²) >= 11 is 0. The smallest absolute Gasteiger partial charge is 0.250 e. The fourth-order valence-electron chi connectivity index (χ4n) is 1.83. The summed E-state index contributed by atoms with van der Waals surface area (Å²) in [5, 5.41) is 3.22. The van der Waals surface area contributed by atoms with Crippen LogP contribution in [0.15, 0.2) is 41.2 Å². The van der Waals surface area contributed by atoms with Crippen LogP contribution in [0.3, 0.4) is 0 Å². The maximum atomic E-state index is 11.3. The van der Waals surface area contributed by atoms with Gasteiger partial charge < -0.3 is 15.0 Å². The van der Waals surface area contributed by atoms with Crippen molar-refractivity contribution >= 4 is 5.69 Å². The number of para-hydroxylation sites is 1. The maximum absolute atomic E-state index is 11.3. The van der Waals surface area contributed by atoms with Gasteiger partial charge in [-0.2, -0.15) is 0 Å². The van der Waals surface area contributed by atoms with Crippen molar-refractivity contribution in [2.45, 2.75) is 13.5 Å². The van der Waals surface area contributed by atoms with Gasteiger partial charge in [0.05, 0.1) is 7.11 Å². The molecule has 0 fully saturated rings. The van der Waals surface area contributed by atoms with E-state index in [0.717, 1.165) is 22.7 Å². The molecule has 0 unspecified atom stereocenters. The molecule has 0 saturated heterocycles. The summed E-state index contributed by atoms with van der Waals surface area (Å²) in [7, 11) is 1.65. The molecule has 0 atom stereocenters. The fraction of sp³-hybridized carbons (Fsp3) is 0.214. The van der Waals surface area contributed by atoms with Crippen LogP contribution in [0.1, 0.15) is 11.3 Å². The minimum absolute atomic E-state index is 0.0995. The first-order chi connectivity index (χ1) is 8.69. The molecule has 0 aliphatic carbocycles. The van der Waals surface area contributed by atoms with E-state index in [9.17, 15) is 4.79 Å². The number of pyridine rings is 1. The number of methoxy groups -OCH3 is 1. The van der Waals surface area contributed by atoms with E-state index in [1.54, 1.807) is 13.2 Å². The number of rotatable bonds is 4. The number of hydrogen-bond donors (Lipinski definition) is 2. The molecule has 0 bridgehead atoms. The second-order valence-corrected chi connectivity index (χ2v) is 4.08. The molecule has 94 valence electrons. The van der Waals surface area contributed by atoms with Gasteiger partial charge in [-0.25, -0.2) is 0 Å². The molecule has 0 aliphatic heterocycles. The molecule has 18 heavy (non-hydrogen) atoms. The van der Waals surface area contributed by atoms with E-state index in [1.807, 2.05) is 37.3 Å². The van der Waals surface area contributed by atoms with Crippen LogP contribution >= 0.6 is 0 Å². The van der Waals surface area contributed by atoms with Gasteiger partial charge in [-0.3, -0.25) is 4.79 Å². The van der Waals surface area contributed by atoms with Crippen LogP contribution in [0.4, 0.5) is 5.69 Å². The second kappa shape index (κ2) is 5.40.